The van der Waals surface area contributed by atoms with Gasteiger partial charge in [-0.1, -0.05) is 18.2 Å². The number of carbonyl (C=O) groups excluding carboxylic acids is 1. The third-order valence-electron chi connectivity index (χ3n) is 3.58. The third-order valence-corrected chi connectivity index (χ3v) is 4.47. The van der Waals surface area contributed by atoms with Crippen LogP contribution in [0.3, 0.4) is 0 Å². The first-order valence-corrected chi connectivity index (χ1v) is 7.91. The van der Waals surface area contributed by atoms with E-state index in [1.807, 2.05) is 25.1 Å². The molecule has 1 aliphatic rings. The predicted octanol–water partition coefficient (Wildman–Crippen LogP) is 3.96. The molecule has 0 aliphatic carbocycles. The fraction of sp³-hybridized carbons (Fsp3) is 0.0588. The highest BCUT2D eigenvalue weighted by molar-refractivity contribution is 8.19. The molecule has 1 amide bonds. The Kier molecular flexibility index (Phi) is 4.18. The Morgan fingerprint density at radius 1 is 1.17 bits per heavy atom. The van der Waals surface area contributed by atoms with E-state index in [4.69, 9.17) is 5.41 Å². The minimum absolute atomic E-state index is 0.00293. The Balaban J connectivity index is 1.91. The summed E-state index contributed by atoms with van der Waals surface area (Å²) in [5.74, 6) is -0.266. The number of para-hydroxylation sites is 1. The topological polar surface area (TPSA) is 87.3 Å². The number of benzene rings is 2. The van der Waals surface area contributed by atoms with Crippen LogP contribution in [-0.4, -0.2) is 16.0 Å². The van der Waals surface area contributed by atoms with Gasteiger partial charge in [0.2, 0.25) is 0 Å². The molecule has 0 saturated carbocycles. The second-order valence-corrected chi connectivity index (χ2v) is 6.22. The van der Waals surface area contributed by atoms with E-state index >= 15 is 0 Å². The number of rotatable bonds is 3. The number of nitrogens with one attached hydrogen (secondary N) is 1. The van der Waals surface area contributed by atoms with Gasteiger partial charge in [-0.3, -0.25) is 25.2 Å². The van der Waals surface area contributed by atoms with Crippen molar-refractivity contribution in [3.63, 3.8) is 0 Å². The van der Waals surface area contributed by atoms with Crippen LogP contribution in [0, 0.1) is 22.4 Å². The van der Waals surface area contributed by atoms with Crippen LogP contribution in [0.2, 0.25) is 0 Å². The van der Waals surface area contributed by atoms with Crippen LogP contribution in [0.25, 0.3) is 6.08 Å². The summed E-state index contributed by atoms with van der Waals surface area (Å²) in [7, 11) is 0. The highest BCUT2D eigenvalue weighted by atomic mass is 32.2. The van der Waals surface area contributed by atoms with Crippen LogP contribution < -0.4 is 4.90 Å². The van der Waals surface area contributed by atoms with Crippen LogP contribution in [0.4, 0.5) is 11.4 Å². The molecule has 120 valence electrons. The lowest BCUT2D eigenvalue weighted by Gasteiger charge is -2.16. The van der Waals surface area contributed by atoms with Crippen molar-refractivity contribution in [2.75, 3.05) is 4.90 Å². The molecule has 0 atom stereocenters. The maximum atomic E-state index is 12.6. The molecule has 0 unspecified atom stereocenters. The SMILES string of the molecule is Cc1ccccc1N1C(=N)S/C(=C\c2ccc([N+](=O)[O-])cc2)C1=O. The molecule has 0 bridgehead atoms. The van der Waals surface area contributed by atoms with Crippen LogP contribution in [0.5, 0.6) is 0 Å². The molecule has 1 N–H and O–H groups in total. The maximum absolute atomic E-state index is 12.6. The minimum Gasteiger partial charge on any atom is -0.278 e. The fourth-order valence-electron chi connectivity index (χ4n) is 2.36. The Morgan fingerprint density at radius 2 is 1.83 bits per heavy atom. The Morgan fingerprint density at radius 3 is 2.46 bits per heavy atom. The molecule has 0 spiro atoms. The van der Waals surface area contributed by atoms with Gasteiger partial charge in [0, 0.05) is 12.1 Å². The number of thioether (sulfide) groups is 1. The first-order chi connectivity index (χ1) is 11.5. The summed E-state index contributed by atoms with van der Waals surface area (Å²) in [6.45, 7) is 1.89. The highest BCUT2D eigenvalue weighted by Gasteiger charge is 2.34. The standard InChI is InChI=1S/C17H13N3O3S/c1-11-4-2-3-5-14(11)19-16(21)15(24-17(19)18)10-12-6-8-13(9-7-12)20(22)23/h2-10,18H,1H3/b15-10-,18-17?. The number of nitro groups is 1. The van der Waals surface area contributed by atoms with Gasteiger partial charge >= 0.3 is 0 Å². The zero-order valence-corrected chi connectivity index (χ0v) is 13.5. The molecule has 0 aromatic heterocycles. The number of hydrogen-bond donors (Lipinski definition) is 1. The van der Waals surface area contributed by atoms with Gasteiger partial charge in [-0.05, 0) is 54.1 Å². The average molecular weight is 339 g/mol. The zero-order chi connectivity index (χ0) is 17.3. The van der Waals surface area contributed by atoms with Gasteiger partial charge in [0.25, 0.3) is 11.6 Å². The molecule has 1 aliphatic heterocycles. The van der Waals surface area contributed by atoms with Gasteiger partial charge in [-0.25, -0.2) is 0 Å². The van der Waals surface area contributed by atoms with Crippen molar-refractivity contribution < 1.29 is 9.72 Å². The Labute approximate surface area is 142 Å². The quantitative estimate of drug-likeness (QED) is 0.521. The molecule has 1 fully saturated rings. The van der Waals surface area contributed by atoms with Gasteiger partial charge in [0.15, 0.2) is 5.17 Å². The number of nitrogens with zero attached hydrogens (tertiary/aromatic N) is 2. The summed E-state index contributed by atoms with van der Waals surface area (Å²) in [6.07, 6.45) is 1.64. The van der Waals surface area contributed by atoms with Crippen molar-refractivity contribution >= 4 is 40.3 Å². The number of amidine groups is 1. The predicted molar refractivity (Wildman–Crippen MR) is 95.1 cm³/mol. The molecule has 0 radical (unpaired) electrons. The van der Waals surface area contributed by atoms with Crippen molar-refractivity contribution in [1.82, 2.24) is 0 Å². The molecule has 6 nitrogen and oxygen atoms in total. The second kappa shape index (κ2) is 6.29. The summed E-state index contributed by atoms with van der Waals surface area (Å²) in [5, 5.41) is 18.9. The van der Waals surface area contributed by atoms with Crippen LogP contribution in [0.15, 0.2) is 53.4 Å². The number of hydrogen-bond acceptors (Lipinski definition) is 5. The van der Waals surface area contributed by atoms with Crippen molar-refractivity contribution in [1.29, 1.82) is 5.41 Å². The lowest BCUT2D eigenvalue weighted by atomic mass is 10.1. The van der Waals surface area contributed by atoms with Crippen LogP contribution >= 0.6 is 11.8 Å². The van der Waals surface area contributed by atoms with E-state index in [9.17, 15) is 14.9 Å². The van der Waals surface area contributed by atoms with Crippen LogP contribution in [-0.2, 0) is 4.79 Å². The monoisotopic (exact) mass is 339 g/mol. The Bertz CT molecular complexity index is 875. The number of amides is 1. The first-order valence-electron chi connectivity index (χ1n) is 7.10. The van der Waals surface area contributed by atoms with Gasteiger partial charge in [-0.2, -0.15) is 0 Å². The highest BCUT2D eigenvalue weighted by Crippen LogP contribution is 2.36. The molecule has 3 rings (SSSR count). The number of anilines is 1. The molecule has 7 heteroatoms. The van der Waals surface area contributed by atoms with E-state index in [0.717, 1.165) is 17.3 Å². The third kappa shape index (κ3) is 2.93. The van der Waals surface area contributed by atoms with E-state index in [1.54, 1.807) is 24.3 Å². The summed E-state index contributed by atoms with van der Waals surface area (Å²) in [5.41, 5.74) is 2.27. The van der Waals surface area contributed by atoms with Crippen molar-refractivity contribution in [3.05, 3.63) is 74.7 Å². The normalized spacial score (nSPS) is 16.0. The molecule has 1 heterocycles. The number of carbonyl (C=O) groups is 1. The molecule has 2 aromatic rings. The number of nitro benzene ring substituents is 1. The van der Waals surface area contributed by atoms with Crippen LogP contribution in [0.1, 0.15) is 11.1 Å². The lowest BCUT2D eigenvalue weighted by molar-refractivity contribution is -0.384. The summed E-state index contributed by atoms with van der Waals surface area (Å²) in [6, 6.07) is 13.3. The van der Waals surface area contributed by atoms with E-state index in [1.165, 1.54) is 17.0 Å². The van der Waals surface area contributed by atoms with Gasteiger partial charge in [0.05, 0.1) is 15.5 Å². The summed E-state index contributed by atoms with van der Waals surface area (Å²) < 4.78 is 0. The van der Waals surface area contributed by atoms with Crippen molar-refractivity contribution in [2.45, 2.75) is 6.92 Å². The molecule has 1 saturated heterocycles. The fourth-order valence-corrected chi connectivity index (χ4v) is 3.22. The van der Waals surface area contributed by atoms with Gasteiger partial charge in [-0.15, -0.1) is 0 Å². The minimum atomic E-state index is -0.470. The molecular weight excluding hydrogens is 326 g/mol. The van der Waals surface area contributed by atoms with E-state index in [2.05, 4.69) is 0 Å². The summed E-state index contributed by atoms with van der Waals surface area (Å²) >= 11 is 1.08. The molecule has 24 heavy (non-hydrogen) atoms. The number of non-ortho nitro benzene ring substituents is 1. The molecular formula is C17H13N3O3S. The largest absolute Gasteiger partial charge is 0.278 e. The second-order valence-electron chi connectivity index (χ2n) is 5.19. The first kappa shape index (κ1) is 15.9. The van der Waals surface area contributed by atoms with E-state index in [-0.39, 0.29) is 16.8 Å². The van der Waals surface area contributed by atoms with E-state index < -0.39 is 4.92 Å². The maximum Gasteiger partial charge on any atom is 0.271 e. The van der Waals surface area contributed by atoms with Crippen molar-refractivity contribution in [2.24, 2.45) is 0 Å². The van der Waals surface area contributed by atoms with Gasteiger partial charge in [0.1, 0.15) is 0 Å². The average Bonchev–Trinajstić information content (AvgIpc) is 2.83. The van der Waals surface area contributed by atoms with E-state index in [0.29, 0.717) is 16.2 Å². The lowest BCUT2D eigenvalue weighted by Crippen LogP contribution is -2.28. The molecule has 2 aromatic carbocycles. The van der Waals surface area contributed by atoms with Crippen molar-refractivity contribution in [3.8, 4) is 0 Å². The smallest absolute Gasteiger partial charge is 0.271 e. The Hall–Kier alpha value is -2.93. The summed E-state index contributed by atoms with van der Waals surface area (Å²) in [4.78, 5) is 24.6. The van der Waals surface area contributed by atoms with Gasteiger partial charge < -0.3 is 0 Å². The number of aryl methyl sites for hydroxylation is 1. The zero-order valence-electron chi connectivity index (χ0n) is 12.7.